The first kappa shape index (κ1) is 13.4. The minimum absolute atomic E-state index is 0.119. The zero-order valence-corrected chi connectivity index (χ0v) is 11.0. The molecule has 0 heterocycles. The van der Waals surface area contributed by atoms with E-state index in [0.29, 0.717) is 27.6 Å². The van der Waals surface area contributed by atoms with Crippen molar-refractivity contribution in [3.05, 3.63) is 58.4 Å². The number of ether oxygens (including phenoxy) is 1. The highest BCUT2D eigenvalue weighted by Crippen LogP contribution is 2.30. The zero-order valence-electron chi connectivity index (χ0n) is 10.2. The van der Waals surface area contributed by atoms with E-state index in [1.165, 1.54) is 18.2 Å². The topological polar surface area (TPSA) is 59.1 Å². The Kier molecular flexibility index (Phi) is 3.71. The number of benzene rings is 2. The highest BCUT2D eigenvalue weighted by Gasteiger charge is 2.10. The first-order chi connectivity index (χ1) is 8.97. The molecule has 0 aliphatic carbocycles. The molecule has 0 unspecified atom stereocenters. The summed E-state index contributed by atoms with van der Waals surface area (Å²) in [6.45, 7) is 1.73. The molecule has 2 aromatic carbocycles. The van der Waals surface area contributed by atoms with Crippen molar-refractivity contribution in [3.63, 3.8) is 0 Å². The summed E-state index contributed by atoms with van der Waals surface area (Å²) in [6.07, 6.45) is 0. The molecule has 2 aromatic rings. The Hall–Kier alpha value is -2.07. The van der Waals surface area contributed by atoms with E-state index < -0.39 is 0 Å². The van der Waals surface area contributed by atoms with Crippen LogP contribution >= 0.6 is 11.6 Å². The number of nitrogen functional groups attached to an aromatic ring is 1. The fourth-order valence-corrected chi connectivity index (χ4v) is 1.81. The van der Waals surface area contributed by atoms with Crippen LogP contribution in [0.4, 0.5) is 4.39 Å². The number of aryl methyl sites for hydroxylation is 1. The minimum Gasteiger partial charge on any atom is -0.456 e. The van der Waals surface area contributed by atoms with Crippen LogP contribution in [-0.4, -0.2) is 5.84 Å². The second-order valence-electron chi connectivity index (χ2n) is 4.07. The Balaban J connectivity index is 2.42. The Bertz CT molecular complexity index is 643. The van der Waals surface area contributed by atoms with E-state index >= 15 is 0 Å². The van der Waals surface area contributed by atoms with Gasteiger partial charge in [-0.15, -0.1) is 0 Å². The van der Waals surface area contributed by atoms with Gasteiger partial charge in [0.25, 0.3) is 0 Å². The SMILES string of the molecule is Cc1cc(F)ccc1Oc1cc(Cl)ccc1C(=N)N. The van der Waals surface area contributed by atoms with Gasteiger partial charge in [0.15, 0.2) is 0 Å². The molecule has 0 radical (unpaired) electrons. The van der Waals surface area contributed by atoms with Crippen molar-refractivity contribution in [2.75, 3.05) is 0 Å². The number of amidine groups is 1. The Morgan fingerprint density at radius 2 is 1.95 bits per heavy atom. The molecule has 0 aliphatic heterocycles. The van der Waals surface area contributed by atoms with Gasteiger partial charge in [0.1, 0.15) is 23.2 Å². The number of nitrogens with one attached hydrogen (secondary N) is 1. The minimum atomic E-state index is -0.331. The summed E-state index contributed by atoms with van der Waals surface area (Å²) in [5.74, 6) is 0.412. The van der Waals surface area contributed by atoms with Gasteiger partial charge in [-0.1, -0.05) is 11.6 Å². The van der Waals surface area contributed by atoms with Crippen LogP contribution in [0, 0.1) is 18.2 Å². The summed E-state index contributed by atoms with van der Waals surface area (Å²) < 4.78 is 18.7. The molecular formula is C14H12ClFN2O. The van der Waals surface area contributed by atoms with E-state index in [4.69, 9.17) is 27.5 Å². The van der Waals surface area contributed by atoms with E-state index in [2.05, 4.69) is 0 Å². The van der Waals surface area contributed by atoms with Gasteiger partial charge in [-0.3, -0.25) is 5.41 Å². The molecule has 3 N–H and O–H groups in total. The van der Waals surface area contributed by atoms with Crippen molar-refractivity contribution in [2.45, 2.75) is 6.92 Å². The van der Waals surface area contributed by atoms with Crippen molar-refractivity contribution in [1.82, 2.24) is 0 Å². The average molecular weight is 279 g/mol. The van der Waals surface area contributed by atoms with E-state index in [0.717, 1.165) is 0 Å². The highest BCUT2D eigenvalue weighted by molar-refractivity contribution is 6.30. The third kappa shape index (κ3) is 3.03. The second kappa shape index (κ2) is 5.28. The molecule has 0 atom stereocenters. The number of rotatable bonds is 3. The molecule has 98 valence electrons. The molecule has 0 bridgehead atoms. The normalized spacial score (nSPS) is 10.3. The molecule has 5 heteroatoms. The van der Waals surface area contributed by atoms with E-state index in [1.54, 1.807) is 25.1 Å². The van der Waals surface area contributed by atoms with Gasteiger partial charge in [-0.25, -0.2) is 4.39 Å². The zero-order chi connectivity index (χ0) is 14.0. The van der Waals surface area contributed by atoms with Crippen molar-refractivity contribution in [1.29, 1.82) is 5.41 Å². The van der Waals surface area contributed by atoms with Crippen LogP contribution in [0.2, 0.25) is 5.02 Å². The smallest absolute Gasteiger partial charge is 0.139 e. The van der Waals surface area contributed by atoms with Gasteiger partial charge in [0.2, 0.25) is 0 Å². The molecule has 0 spiro atoms. The van der Waals surface area contributed by atoms with Gasteiger partial charge in [-0.05, 0) is 42.8 Å². The fourth-order valence-electron chi connectivity index (χ4n) is 1.65. The predicted molar refractivity (Wildman–Crippen MR) is 73.7 cm³/mol. The molecule has 2 rings (SSSR count). The van der Waals surface area contributed by atoms with Crippen molar-refractivity contribution in [3.8, 4) is 11.5 Å². The van der Waals surface area contributed by atoms with Gasteiger partial charge in [0.05, 0.1) is 5.56 Å². The lowest BCUT2D eigenvalue weighted by atomic mass is 10.1. The maximum atomic E-state index is 13.0. The van der Waals surface area contributed by atoms with E-state index in [9.17, 15) is 4.39 Å². The van der Waals surface area contributed by atoms with Crippen LogP contribution in [0.25, 0.3) is 0 Å². The number of halogens is 2. The molecule has 0 saturated heterocycles. The number of nitrogens with two attached hydrogens (primary N) is 1. The van der Waals surface area contributed by atoms with Crippen LogP contribution in [0.5, 0.6) is 11.5 Å². The first-order valence-corrected chi connectivity index (χ1v) is 5.93. The van der Waals surface area contributed by atoms with Crippen LogP contribution in [-0.2, 0) is 0 Å². The Labute approximate surface area is 115 Å². The standard InChI is InChI=1S/C14H12ClFN2O/c1-8-6-10(16)3-5-12(8)19-13-7-9(15)2-4-11(13)14(17)18/h2-7H,1H3,(H3,17,18). The predicted octanol–water partition coefficient (Wildman–Crippen LogP) is 3.86. The van der Waals surface area contributed by atoms with E-state index in [-0.39, 0.29) is 11.7 Å². The lowest BCUT2D eigenvalue weighted by molar-refractivity contribution is 0.475. The van der Waals surface area contributed by atoms with Crippen LogP contribution in [0.3, 0.4) is 0 Å². The Morgan fingerprint density at radius 1 is 1.21 bits per heavy atom. The second-order valence-corrected chi connectivity index (χ2v) is 4.50. The third-order valence-corrected chi connectivity index (χ3v) is 2.83. The molecule has 19 heavy (non-hydrogen) atoms. The summed E-state index contributed by atoms with van der Waals surface area (Å²) in [4.78, 5) is 0. The van der Waals surface area contributed by atoms with Crippen molar-refractivity contribution >= 4 is 17.4 Å². The maximum absolute atomic E-state index is 13.0. The van der Waals surface area contributed by atoms with Crippen molar-refractivity contribution in [2.24, 2.45) is 5.73 Å². The summed E-state index contributed by atoms with van der Waals surface area (Å²) in [5, 5.41) is 7.97. The summed E-state index contributed by atoms with van der Waals surface area (Å²) in [7, 11) is 0. The average Bonchev–Trinajstić information content (AvgIpc) is 2.32. The molecule has 0 amide bonds. The summed E-state index contributed by atoms with van der Waals surface area (Å²) in [6, 6.07) is 9.01. The molecule has 0 fully saturated rings. The number of hydrogen-bond acceptors (Lipinski definition) is 2. The number of hydrogen-bond donors (Lipinski definition) is 2. The third-order valence-electron chi connectivity index (χ3n) is 2.59. The fraction of sp³-hybridized carbons (Fsp3) is 0.0714. The lowest BCUT2D eigenvalue weighted by Crippen LogP contribution is -2.12. The lowest BCUT2D eigenvalue weighted by Gasteiger charge is -2.12. The highest BCUT2D eigenvalue weighted by atomic mass is 35.5. The van der Waals surface area contributed by atoms with E-state index in [1.807, 2.05) is 0 Å². The Morgan fingerprint density at radius 3 is 2.58 bits per heavy atom. The maximum Gasteiger partial charge on any atom is 0.139 e. The first-order valence-electron chi connectivity index (χ1n) is 5.55. The van der Waals surface area contributed by atoms with Gasteiger partial charge < -0.3 is 10.5 Å². The molecule has 0 saturated carbocycles. The monoisotopic (exact) mass is 278 g/mol. The van der Waals surface area contributed by atoms with Crippen molar-refractivity contribution < 1.29 is 9.13 Å². The quantitative estimate of drug-likeness (QED) is 0.661. The summed E-state index contributed by atoms with van der Waals surface area (Å²) in [5.41, 5.74) is 6.57. The van der Waals surface area contributed by atoms with Crippen LogP contribution < -0.4 is 10.5 Å². The van der Waals surface area contributed by atoms with Gasteiger partial charge in [-0.2, -0.15) is 0 Å². The largest absolute Gasteiger partial charge is 0.456 e. The van der Waals surface area contributed by atoms with Gasteiger partial charge >= 0.3 is 0 Å². The molecule has 0 aliphatic rings. The molecular weight excluding hydrogens is 267 g/mol. The van der Waals surface area contributed by atoms with Crippen LogP contribution in [0.15, 0.2) is 36.4 Å². The van der Waals surface area contributed by atoms with Gasteiger partial charge in [0, 0.05) is 11.1 Å². The van der Waals surface area contributed by atoms with Crippen LogP contribution in [0.1, 0.15) is 11.1 Å². The summed E-state index contributed by atoms with van der Waals surface area (Å²) >= 11 is 5.90. The molecule has 3 nitrogen and oxygen atoms in total. The molecule has 0 aromatic heterocycles.